The first-order chi connectivity index (χ1) is 14.3. The van der Waals surface area contributed by atoms with Gasteiger partial charge in [-0.05, 0) is 103 Å². The van der Waals surface area contributed by atoms with E-state index >= 15 is 0 Å². The summed E-state index contributed by atoms with van der Waals surface area (Å²) in [6.07, 6.45) is 26.9. The number of likely N-dealkylation sites (tertiary alicyclic amines) is 2. The first-order valence-electron chi connectivity index (χ1n) is 12.8. The Hall–Kier alpha value is -0.800. The molecule has 0 spiro atoms. The van der Waals surface area contributed by atoms with Gasteiger partial charge in [-0.3, -0.25) is 0 Å². The van der Waals surface area contributed by atoms with Crippen molar-refractivity contribution in [1.82, 2.24) is 9.80 Å². The lowest BCUT2D eigenvalue weighted by molar-refractivity contribution is 0.145. The van der Waals surface area contributed by atoms with E-state index in [9.17, 15) is 0 Å². The van der Waals surface area contributed by atoms with E-state index in [4.69, 9.17) is 4.74 Å². The molecule has 2 rings (SSSR count). The Kier molecular flexibility index (Phi) is 13.5. The Morgan fingerprint density at radius 1 is 0.690 bits per heavy atom. The van der Waals surface area contributed by atoms with E-state index in [1.807, 2.05) is 12.5 Å². The predicted molar refractivity (Wildman–Crippen MR) is 126 cm³/mol. The molecule has 2 aliphatic heterocycles. The summed E-state index contributed by atoms with van der Waals surface area (Å²) in [6.45, 7) is 9.70. The minimum Gasteiger partial charge on any atom is -0.473 e. The number of nitrogens with zero attached hydrogens (tertiary/aromatic N) is 2. The first kappa shape index (κ1) is 24.5. The van der Waals surface area contributed by atoms with Crippen LogP contribution in [0.2, 0.25) is 0 Å². The van der Waals surface area contributed by atoms with E-state index in [1.165, 1.54) is 103 Å². The van der Waals surface area contributed by atoms with Crippen molar-refractivity contribution in [2.75, 3.05) is 26.2 Å². The molecule has 0 bridgehead atoms. The number of allylic oxidation sites excluding steroid dienone is 2. The molecule has 0 N–H and O–H groups in total. The second-order valence-electron chi connectivity index (χ2n) is 9.00. The van der Waals surface area contributed by atoms with E-state index in [0.29, 0.717) is 0 Å². The molecule has 29 heavy (non-hydrogen) atoms. The van der Waals surface area contributed by atoms with Crippen LogP contribution in [-0.4, -0.2) is 48.1 Å². The van der Waals surface area contributed by atoms with Crippen LogP contribution in [0.5, 0.6) is 0 Å². The molecule has 0 amide bonds. The molecule has 2 aliphatic rings. The van der Waals surface area contributed by atoms with Gasteiger partial charge < -0.3 is 14.5 Å². The van der Waals surface area contributed by atoms with Crippen molar-refractivity contribution in [2.45, 2.75) is 116 Å². The number of unbranched alkanes of at least 4 members (excludes halogenated alkanes) is 4. The minimum absolute atomic E-state index is 0.847. The summed E-state index contributed by atoms with van der Waals surface area (Å²) in [5.74, 6) is 0. The maximum atomic E-state index is 5.52. The average molecular weight is 405 g/mol. The largest absolute Gasteiger partial charge is 0.473 e. The zero-order valence-corrected chi connectivity index (χ0v) is 19.5. The first-order valence-corrected chi connectivity index (χ1v) is 12.8. The van der Waals surface area contributed by atoms with Gasteiger partial charge in [-0.25, -0.2) is 0 Å². The van der Waals surface area contributed by atoms with E-state index in [2.05, 4.69) is 35.8 Å². The average Bonchev–Trinajstić information content (AvgIpc) is 2.77. The van der Waals surface area contributed by atoms with Crippen molar-refractivity contribution in [3.05, 3.63) is 24.7 Å². The number of hydrogen-bond acceptors (Lipinski definition) is 3. The molecule has 2 unspecified atom stereocenters. The van der Waals surface area contributed by atoms with Crippen LogP contribution in [0.3, 0.4) is 0 Å². The van der Waals surface area contributed by atoms with Crippen LogP contribution in [0.25, 0.3) is 0 Å². The molecule has 2 saturated heterocycles. The monoisotopic (exact) mass is 404 g/mol. The highest BCUT2D eigenvalue weighted by molar-refractivity contribution is 4.82. The number of piperidine rings is 2. The standard InChI is InChI=1S/C26H48N2O/c1-3-27-21-13-11-19-25(27)17-9-5-7-15-23-29-24-16-8-6-10-18-26-20-12-14-22-28(26)4-2/h15-16,23-26H,3-14,17-22H2,1-2H3. The molecular formula is C26H48N2O. The molecule has 0 aromatic rings. The van der Waals surface area contributed by atoms with Gasteiger partial charge in [-0.1, -0.05) is 39.5 Å². The third kappa shape index (κ3) is 10.2. The summed E-state index contributed by atoms with van der Waals surface area (Å²) < 4.78 is 5.52. The lowest BCUT2D eigenvalue weighted by atomic mass is 9.97. The maximum Gasteiger partial charge on any atom is 0.0861 e. The summed E-state index contributed by atoms with van der Waals surface area (Å²) in [5.41, 5.74) is 0. The quantitative estimate of drug-likeness (QED) is 0.231. The van der Waals surface area contributed by atoms with Gasteiger partial charge in [0.25, 0.3) is 0 Å². The fraction of sp³-hybridized carbons (Fsp3) is 0.846. The molecule has 3 heteroatoms. The highest BCUT2D eigenvalue weighted by Crippen LogP contribution is 2.22. The van der Waals surface area contributed by atoms with Gasteiger partial charge in [0.2, 0.25) is 0 Å². The molecule has 0 aromatic heterocycles. The highest BCUT2D eigenvalue weighted by Gasteiger charge is 2.20. The molecular weight excluding hydrogens is 356 g/mol. The maximum absolute atomic E-state index is 5.52. The van der Waals surface area contributed by atoms with Crippen LogP contribution in [-0.2, 0) is 4.74 Å². The van der Waals surface area contributed by atoms with E-state index < -0.39 is 0 Å². The predicted octanol–water partition coefficient (Wildman–Crippen LogP) is 6.90. The molecule has 0 aliphatic carbocycles. The topological polar surface area (TPSA) is 15.7 Å². The van der Waals surface area contributed by atoms with Crippen molar-refractivity contribution < 1.29 is 4.74 Å². The summed E-state index contributed by atoms with van der Waals surface area (Å²) >= 11 is 0. The van der Waals surface area contributed by atoms with Crippen LogP contribution in [0.15, 0.2) is 24.7 Å². The SMILES string of the molecule is CCN1CCCCC1CCCCC=COC=CCCCCC1CCCCN1CC. The second kappa shape index (κ2) is 16.0. The fourth-order valence-corrected chi connectivity index (χ4v) is 5.18. The highest BCUT2D eigenvalue weighted by atomic mass is 16.5. The Balaban J connectivity index is 1.40. The van der Waals surface area contributed by atoms with Gasteiger partial charge in [-0.2, -0.15) is 0 Å². The van der Waals surface area contributed by atoms with E-state index in [-0.39, 0.29) is 0 Å². The van der Waals surface area contributed by atoms with Crippen molar-refractivity contribution in [2.24, 2.45) is 0 Å². The van der Waals surface area contributed by atoms with Crippen LogP contribution in [0.1, 0.15) is 104 Å². The van der Waals surface area contributed by atoms with Crippen molar-refractivity contribution >= 4 is 0 Å². The number of rotatable bonds is 14. The summed E-state index contributed by atoms with van der Waals surface area (Å²) in [4.78, 5) is 5.37. The Labute approximate surface area is 181 Å². The molecule has 3 nitrogen and oxygen atoms in total. The Bertz CT molecular complexity index is 408. The fourth-order valence-electron chi connectivity index (χ4n) is 5.18. The molecule has 2 fully saturated rings. The van der Waals surface area contributed by atoms with Gasteiger partial charge in [0.05, 0.1) is 12.5 Å². The van der Waals surface area contributed by atoms with Crippen molar-refractivity contribution in [3.8, 4) is 0 Å². The van der Waals surface area contributed by atoms with Gasteiger partial charge in [0, 0.05) is 12.1 Å². The van der Waals surface area contributed by atoms with Crippen LogP contribution >= 0.6 is 0 Å². The third-order valence-electron chi connectivity index (χ3n) is 6.98. The van der Waals surface area contributed by atoms with Crippen LogP contribution in [0, 0.1) is 0 Å². The van der Waals surface area contributed by atoms with Gasteiger partial charge in [-0.15, -0.1) is 0 Å². The van der Waals surface area contributed by atoms with E-state index in [0.717, 1.165) is 24.9 Å². The second-order valence-corrected chi connectivity index (χ2v) is 9.00. The molecule has 0 aromatic carbocycles. The molecule has 0 radical (unpaired) electrons. The minimum atomic E-state index is 0.847. The van der Waals surface area contributed by atoms with Gasteiger partial charge >= 0.3 is 0 Å². The van der Waals surface area contributed by atoms with Crippen molar-refractivity contribution in [1.29, 1.82) is 0 Å². The molecule has 2 atom stereocenters. The smallest absolute Gasteiger partial charge is 0.0861 e. The third-order valence-corrected chi connectivity index (χ3v) is 6.98. The molecule has 2 heterocycles. The summed E-state index contributed by atoms with van der Waals surface area (Å²) in [5, 5.41) is 0. The number of hydrogen-bond donors (Lipinski definition) is 0. The zero-order valence-electron chi connectivity index (χ0n) is 19.5. The van der Waals surface area contributed by atoms with Crippen LogP contribution in [0.4, 0.5) is 0 Å². The lowest BCUT2D eigenvalue weighted by Gasteiger charge is -2.34. The lowest BCUT2D eigenvalue weighted by Crippen LogP contribution is -2.39. The normalized spacial score (nSPS) is 24.6. The molecule has 168 valence electrons. The van der Waals surface area contributed by atoms with Gasteiger partial charge in [0.15, 0.2) is 0 Å². The Morgan fingerprint density at radius 3 is 1.62 bits per heavy atom. The Morgan fingerprint density at radius 2 is 1.17 bits per heavy atom. The van der Waals surface area contributed by atoms with Gasteiger partial charge in [0.1, 0.15) is 0 Å². The van der Waals surface area contributed by atoms with Crippen LogP contribution < -0.4 is 0 Å². The zero-order chi connectivity index (χ0) is 20.6. The summed E-state index contributed by atoms with van der Waals surface area (Å²) in [7, 11) is 0. The molecule has 0 saturated carbocycles. The summed E-state index contributed by atoms with van der Waals surface area (Å²) in [6, 6.07) is 1.69. The number of ether oxygens (including phenoxy) is 1. The van der Waals surface area contributed by atoms with Crippen molar-refractivity contribution in [3.63, 3.8) is 0 Å². The van der Waals surface area contributed by atoms with E-state index in [1.54, 1.807) is 0 Å².